The molecule has 2 aromatic rings. The fourth-order valence-corrected chi connectivity index (χ4v) is 2.92. The van der Waals surface area contributed by atoms with Crippen LogP contribution in [0.25, 0.3) is 0 Å². The number of benzene rings is 1. The number of hydrogen-bond donors (Lipinski definition) is 1. The molecule has 0 bridgehead atoms. The molecule has 0 spiro atoms. The summed E-state index contributed by atoms with van der Waals surface area (Å²) in [7, 11) is -2.39. The lowest BCUT2D eigenvalue weighted by Gasteiger charge is -2.19. The number of halogens is 1. The molecule has 0 radical (unpaired) electrons. The van der Waals surface area contributed by atoms with Gasteiger partial charge in [0.05, 0.1) is 5.69 Å². The second-order valence-electron chi connectivity index (χ2n) is 4.36. The minimum Gasteiger partial charge on any atom is -0.370 e. The third kappa shape index (κ3) is 3.30. The van der Waals surface area contributed by atoms with Crippen LogP contribution in [-0.4, -0.2) is 27.0 Å². The zero-order valence-corrected chi connectivity index (χ0v) is 12.6. The molecule has 0 unspecified atom stereocenters. The molecule has 1 heterocycles. The minimum absolute atomic E-state index is 0.0518. The van der Waals surface area contributed by atoms with Crippen molar-refractivity contribution in [1.29, 1.82) is 0 Å². The van der Waals surface area contributed by atoms with Crippen molar-refractivity contribution in [2.24, 2.45) is 0 Å². The Hall–Kier alpha value is -2.15. The van der Waals surface area contributed by atoms with Crippen molar-refractivity contribution in [2.45, 2.75) is 11.8 Å². The van der Waals surface area contributed by atoms with Crippen LogP contribution in [0.2, 0.25) is 0 Å². The lowest BCUT2D eigenvalue weighted by molar-refractivity contribution is 0.593. The third-order valence-electron chi connectivity index (χ3n) is 2.92. The molecule has 21 heavy (non-hydrogen) atoms. The molecule has 0 fully saturated rings. The standard InChI is InChI=1S/C14H16FN3O2S/c1-3-16-14-8-7-13(10-17-14)21(19,20)18(2)12-6-4-5-11(15)9-12/h4-10H,3H2,1-2H3,(H,16,17). The first-order valence-corrected chi connectivity index (χ1v) is 7.83. The fourth-order valence-electron chi connectivity index (χ4n) is 1.79. The number of anilines is 2. The van der Waals surface area contributed by atoms with Crippen LogP contribution in [0.5, 0.6) is 0 Å². The second-order valence-corrected chi connectivity index (χ2v) is 6.33. The Kier molecular flexibility index (Phi) is 4.42. The highest BCUT2D eigenvalue weighted by atomic mass is 32.2. The highest BCUT2D eigenvalue weighted by Gasteiger charge is 2.21. The summed E-state index contributed by atoms with van der Waals surface area (Å²) in [5.41, 5.74) is 0.255. The van der Waals surface area contributed by atoms with E-state index in [1.54, 1.807) is 6.07 Å². The smallest absolute Gasteiger partial charge is 0.265 e. The van der Waals surface area contributed by atoms with E-state index >= 15 is 0 Å². The van der Waals surface area contributed by atoms with Crippen LogP contribution in [0, 0.1) is 5.82 Å². The molecule has 1 aromatic heterocycles. The lowest BCUT2D eigenvalue weighted by Crippen LogP contribution is -2.26. The summed E-state index contributed by atoms with van der Waals surface area (Å²) < 4.78 is 39.2. The van der Waals surface area contributed by atoms with Crippen molar-refractivity contribution in [3.05, 3.63) is 48.4 Å². The second kappa shape index (κ2) is 6.09. The number of nitrogens with one attached hydrogen (secondary N) is 1. The monoisotopic (exact) mass is 309 g/mol. The Morgan fingerprint density at radius 1 is 1.29 bits per heavy atom. The van der Waals surface area contributed by atoms with Crippen molar-refractivity contribution in [2.75, 3.05) is 23.2 Å². The largest absolute Gasteiger partial charge is 0.370 e. The van der Waals surface area contributed by atoms with Crippen LogP contribution < -0.4 is 9.62 Å². The van der Waals surface area contributed by atoms with E-state index in [-0.39, 0.29) is 10.6 Å². The Morgan fingerprint density at radius 2 is 2.05 bits per heavy atom. The first kappa shape index (κ1) is 15.2. The molecule has 0 amide bonds. The summed E-state index contributed by atoms with van der Waals surface area (Å²) in [6.45, 7) is 2.62. The Labute approximate surface area is 123 Å². The van der Waals surface area contributed by atoms with Gasteiger partial charge in [-0.2, -0.15) is 0 Å². The van der Waals surface area contributed by atoms with Gasteiger partial charge in [-0.15, -0.1) is 0 Å². The van der Waals surface area contributed by atoms with Crippen molar-refractivity contribution in [1.82, 2.24) is 4.98 Å². The van der Waals surface area contributed by atoms with Crippen molar-refractivity contribution in [3.8, 4) is 0 Å². The average molecular weight is 309 g/mol. The maximum Gasteiger partial charge on any atom is 0.265 e. The van der Waals surface area contributed by atoms with E-state index in [0.29, 0.717) is 12.4 Å². The predicted octanol–water partition coefficient (Wildman–Crippen LogP) is 2.48. The van der Waals surface area contributed by atoms with Gasteiger partial charge in [0.2, 0.25) is 0 Å². The molecule has 112 valence electrons. The number of sulfonamides is 1. The van der Waals surface area contributed by atoms with Crippen LogP contribution >= 0.6 is 0 Å². The zero-order valence-electron chi connectivity index (χ0n) is 11.7. The summed E-state index contributed by atoms with van der Waals surface area (Å²) >= 11 is 0. The number of nitrogens with zero attached hydrogens (tertiary/aromatic N) is 2. The maximum absolute atomic E-state index is 13.2. The van der Waals surface area contributed by atoms with E-state index in [9.17, 15) is 12.8 Å². The van der Waals surface area contributed by atoms with E-state index in [4.69, 9.17) is 0 Å². The molecule has 0 aliphatic heterocycles. The Balaban J connectivity index is 2.32. The van der Waals surface area contributed by atoms with E-state index in [2.05, 4.69) is 10.3 Å². The van der Waals surface area contributed by atoms with Gasteiger partial charge in [-0.25, -0.2) is 17.8 Å². The molecule has 1 N–H and O–H groups in total. The summed E-state index contributed by atoms with van der Waals surface area (Å²) in [5, 5.41) is 2.99. The molecule has 2 rings (SSSR count). The molecular weight excluding hydrogens is 293 g/mol. The quantitative estimate of drug-likeness (QED) is 0.921. The lowest BCUT2D eigenvalue weighted by atomic mass is 10.3. The highest BCUT2D eigenvalue weighted by molar-refractivity contribution is 7.92. The minimum atomic E-state index is -3.76. The molecule has 1 aromatic carbocycles. The summed E-state index contributed by atoms with van der Waals surface area (Å²) in [6.07, 6.45) is 1.28. The average Bonchev–Trinajstić information content (AvgIpc) is 2.47. The zero-order chi connectivity index (χ0) is 15.5. The predicted molar refractivity (Wildman–Crippen MR) is 80.4 cm³/mol. The van der Waals surface area contributed by atoms with Gasteiger partial charge in [0, 0.05) is 19.8 Å². The van der Waals surface area contributed by atoms with Crippen molar-refractivity contribution >= 4 is 21.5 Å². The van der Waals surface area contributed by atoms with Gasteiger partial charge in [0.15, 0.2) is 0 Å². The summed E-state index contributed by atoms with van der Waals surface area (Å²) in [6, 6.07) is 8.48. The highest BCUT2D eigenvalue weighted by Crippen LogP contribution is 2.22. The molecule has 0 atom stereocenters. The Bertz CT molecular complexity index is 717. The molecule has 7 heteroatoms. The fraction of sp³-hybridized carbons (Fsp3) is 0.214. The van der Waals surface area contributed by atoms with E-state index in [1.807, 2.05) is 6.92 Å². The maximum atomic E-state index is 13.2. The van der Waals surface area contributed by atoms with E-state index < -0.39 is 15.8 Å². The first-order chi connectivity index (χ1) is 9.95. The molecule has 0 aliphatic rings. The summed E-state index contributed by atoms with van der Waals surface area (Å²) in [4.78, 5) is 4.09. The van der Waals surface area contributed by atoms with Gasteiger partial charge in [-0.1, -0.05) is 6.07 Å². The molecule has 0 saturated heterocycles. The Morgan fingerprint density at radius 3 is 2.62 bits per heavy atom. The summed E-state index contributed by atoms with van der Waals surface area (Å²) in [5.74, 6) is 0.111. The van der Waals surface area contributed by atoms with Gasteiger partial charge in [-0.3, -0.25) is 4.31 Å². The van der Waals surface area contributed by atoms with E-state index in [1.165, 1.54) is 37.5 Å². The van der Waals surface area contributed by atoms with Crippen molar-refractivity contribution < 1.29 is 12.8 Å². The van der Waals surface area contributed by atoms with E-state index in [0.717, 1.165) is 10.4 Å². The van der Waals surface area contributed by atoms with Gasteiger partial charge in [-0.05, 0) is 37.3 Å². The number of hydrogen-bond acceptors (Lipinski definition) is 4. The number of rotatable bonds is 5. The third-order valence-corrected chi connectivity index (χ3v) is 4.69. The van der Waals surface area contributed by atoms with Crippen LogP contribution in [-0.2, 0) is 10.0 Å². The SMILES string of the molecule is CCNc1ccc(S(=O)(=O)N(C)c2cccc(F)c2)cn1. The van der Waals surface area contributed by atoms with Gasteiger partial charge >= 0.3 is 0 Å². The molecule has 0 aliphatic carbocycles. The van der Waals surface area contributed by atoms with Crippen LogP contribution in [0.15, 0.2) is 47.5 Å². The van der Waals surface area contributed by atoms with Crippen LogP contribution in [0.4, 0.5) is 15.9 Å². The normalized spacial score (nSPS) is 11.2. The molecule has 5 nitrogen and oxygen atoms in total. The molecular formula is C14H16FN3O2S. The van der Waals surface area contributed by atoms with Gasteiger partial charge < -0.3 is 5.32 Å². The van der Waals surface area contributed by atoms with Gasteiger partial charge in [0.1, 0.15) is 16.5 Å². The van der Waals surface area contributed by atoms with Crippen LogP contribution in [0.1, 0.15) is 6.92 Å². The molecule has 0 saturated carbocycles. The number of aromatic nitrogens is 1. The first-order valence-electron chi connectivity index (χ1n) is 6.39. The van der Waals surface area contributed by atoms with Crippen molar-refractivity contribution in [3.63, 3.8) is 0 Å². The van der Waals surface area contributed by atoms with Crippen LogP contribution in [0.3, 0.4) is 0 Å². The van der Waals surface area contributed by atoms with Gasteiger partial charge in [0.25, 0.3) is 10.0 Å². The topological polar surface area (TPSA) is 62.3 Å². The number of pyridine rings is 1.